The maximum Gasteiger partial charge on any atom is 0.354 e. The Labute approximate surface area is 240 Å². The zero-order chi connectivity index (χ0) is 28.8. The summed E-state index contributed by atoms with van der Waals surface area (Å²) in [6.07, 6.45) is 0.0867. The zero-order valence-corrected chi connectivity index (χ0v) is 24.1. The van der Waals surface area contributed by atoms with E-state index >= 15 is 0 Å². The van der Waals surface area contributed by atoms with Crippen LogP contribution >= 0.6 is 11.6 Å². The Kier molecular flexibility index (Phi) is 9.63. The number of fused-ring (bicyclic) bond motifs is 1. The molecule has 2 atom stereocenters. The Hall–Kier alpha value is -3.65. The molecule has 0 saturated carbocycles. The maximum atomic E-state index is 12.9. The number of ether oxygens (including phenoxy) is 1. The van der Waals surface area contributed by atoms with Crippen LogP contribution in [0.2, 0.25) is 5.02 Å². The van der Waals surface area contributed by atoms with Crippen LogP contribution in [0, 0.1) is 0 Å². The minimum Gasteiger partial charge on any atom is -0.461 e. The van der Waals surface area contributed by atoms with Crippen LogP contribution in [0.3, 0.4) is 0 Å². The fourth-order valence-electron chi connectivity index (χ4n) is 4.81. The Morgan fingerprint density at radius 3 is 2.52 bits per heavy atom. The third kappa shape index (κ3) is 7.10. The summed E-state index contributed by atoms with van der Waals surface area (Å²) in [4.78, 5) is 26.9. The Bertz CT molecular complexity index is 1500. The predicted octanol–water partition coefficient (Wildman–Crippen LogP) is 5.48. The Balaban J connectivity index is 1.54. The van der Waals surface area contributed by atoms with Gasteiger partial charge in [0.05, 0.1) is 12.7 Å². The van der Waals surface area contributed by atoms with E-state index in [-0.39, 0.29) is 24.5 Å². The van der Waals surface area contributed by atoms with Crippen molar-refractivity contribution in [3.8, 4) is 0 Å². The molecule has 1 unspecified atom stereocenters. The summed E-state index contributed by atoms with van der Waals surface area (Å²) in [6.45, 7) is 4.97. The second kappa shape index (κ2) is 13.1. The quantitative estimate of drug-likeness (QED) is 0.237. The number of halogens is 1. The number of hydrogen-bond acceptors (Lipinski definition) is 5. The monoisotopic (exact) mass is 561 g/mol. The molecule has 0 bridgehead atoms. The molecule has 0 aliphatic carbocycles. The third-order valence-corrected chi connectivity index (χ3v) is 7.04. The first kappa shape index (κ1) is 29.3. The van der Waals surface area contributed by atoms with Gasteiger partial charge in [-0.3, -0.25) is 4.79 Å². The lowest BCUT2D eigenvalue weighted by Crippen LogP contribution is -2.32. The van der Waals surface area contributed by atoms with Gasteiger partial charge in [-0.25, -0.2) is 4.79 Å². The molecule has 1 heterocycles. The summed E-state index contributed by atoms with van der Waals surface area (Å²) in [5.74, 6) is -0.455. The number of hydrogen-bond donors (Lipinski definition) is 2. The number of aliphatic hydroxyl groups excluding tert-OH is 1. The van der Waals surface area contributed by atoms with Crippen molar-refractivity contribution in [2.75, 3.05) is 27.2 Å². The van der Waals surface area contributed by atoms with Gasteiger partial charge in [-0.05, 0) is 79.4 Å². The largest absolute Gasteiger partial charge is 0.461 e. The number of amides is 1. The van der Waals surface area contributed by atoms with Gasteiger partial charge in [-0.2, -0.15) is 0 Å². The van der Waals surface area contributed by atoms with E-state index in [1.54, 1.807) is 44.1 Å². The van der Waals surface area contributed by atoms with Gasteiger partial charge in [-0.15, -0.1) is 0 Å². The van der Waals surface area contributed by atoms with Crippen LogP contribution in [-0.4, -0.2) is 59.7 Å². The lowest BCUT2D eigenvalue weighted by molar-refractivity contribution is 0.0514. The fraction of sp³-hybridized carbons (Fsp3) is 0.312. The van der Waals surface area contributed by atoms with Gasteiger partial charge in [0, 0.05) is 54.7 Å². The van der Waals surface area contributed by atoms with Crippen LogP contribution in [0.15, 0.2) is 72.8 Å². The second-order valence-electron chi connectivity index (χ2n) is 10.2. The van der Waals surface area contributed by atoms with Crippen LogP contribution in [0.25, 0.3) is 10.9 Å². The summed E-state index contributed by atoms with van der Waals surface area (Å²) < 4.78 is 7.30. The minimum atomic E-state index is -0.656. The van der Waals surface area contributed by atoms with Crippen molar-refractivity contribution in [1.29, 1.82) is 0 Å². The lowest BCUT2D eigenvalue weighted by atomic mass is 10.0. The molecular weight excluding hydrogens is 526 g/mol. The molecule has 0 fully saturated rings. The number of rotatable bonds is 11. The molecule has 0 aliphatic rings. The van der Waals surface area contributed by atoms with E-state index in [9.17, 15) is 14.7 Å². The van der Waals surface area contributed by atoms with Crippen LogP contribution in [0.1, 0.15) is 57.5 Å². The van der Waals surface area contributed by atoms with Crippen molar-refractivity contribution in [3.63, 3.8) is 0 Å². The van der Waals surface area contributed by atoms with Gasteiger partial charge in [0.2, 0.25) is 0 Å². The van der Waals surface area contributed by atoms with Gasteiger partial charge >= 0.3 is 5.97 Å². The Morgan fingerprint density at radius 2 is 1.80 bits per heavy atom. The maximum absolute atomic E-state index is 12.9. The number of aliphatic hydroxyl groups is 1. The summed E-state index contributed by atoms with van der Waals surface area (Å²) in [5.41, 5.74) is 4.77. The van der Waals surface area contributed by atoms with Crippen molar-refractivity contribution in [3.05, 3.63) is 106 Å². The van der Waals surface area contributed by atoms with Gasteiger partial charge in [0.15, 0.2) is 0 Å². The SMILES string of the molecule is CCOC(=O)c1cc2cc(CC(C)NC[C@H](O)c3cccc(Cl)c3)ccc2n1Cc1cccc(C(=O)N(C)C)c1. The van der Waals surface area contributed by atoms with Crippen molar-refractivity contribution < 1.29 is 19.4 Å². The molecule has 2 N–H and O–H groups in total. The van der Waals surface area contributed by atoms with Crippen LogP contribution in [0.4, 0.5) is 0 Å². The highest BCUT2D eigenvalue weighted by Crippen LogP contribution is 2.25. The molecule has 0 aliphatic heterocycles. The van der Waals surface area contributed by atoms with Gasteiger partial charge in [-0.1, -0.05) is 41.9 Å². The number of nitrogens with one attached hydrogen (secondary N) is 1. The van der Waals surface area contributed by atoms with Gasteiger partial charge < -0.3 is 24.6 Å². The zero-order valence-electron chi connectivity index (χ0n) is 23.4. The first-order valence-corrected chi connectivity index (χ1v) is 13.8. The van der Waals surface area contributed by atoms with Gasteiger partial charge in [0.25, 0.3) is 5.91 Å². The number of esters is 1. The van der Waals surface area contributed by atoms with Crippen LogP contribution in [-0.2, 0) is 17.7 Å². The molecule has 4 rings (SSSR count). The molecule has 8 heteroatoms. The number of carbonyl (C=O) groups excluding carboxylic acids is 2. The molecule has 0 radical (unpaired) electrons. The molecule has 7 nitrogen and oxygen atoms in total. The molecular formula is C32H36ClN3O4. The Morgan fingerprint density at radius 1 is 1.02 bits per heavy atom. The highest BCUT2D eigenvalue weighted by molar-refractivity contribution is 6.30. The standard InChI is InChI=1S/C32H36ClN3O4/c1-5-40-32(39)29-18-26-15-22(14-21(2)34-19-30(37)24-9-7-11-27(33)17-24)12-13-28(26)36(29)20-23-8-6-10-25(16-23)31(38)35(3)4/h6-13,15-18,21,30,34,37H,5,14,19-20H2,1-4H3/t21?,30-/m0/s1. The average molecular weight is 562 g/mol. The fourth-order valence-corrected chi connectivity index (χ4v) is 5.00. The highest BCUT2D eigenvalue weighted by Gasteiger charge is 2.19. The van der Waals surface area contributed by atoms with Crippen molar-refractivity contribution in [2.24, 2.45) is 0 Å². The average Bonchev–Trinajstić information content (AvgIpc) is 3.29. The topological polar surface area (TPSA) is 83.8 Å². The first-order chi connectivity index (χ1) is 19.2. The molecule has 0 spiro atoms. The second-order valence-corrected chi connectivity index (χ2v) is 10.6. The molecule has 0 saturated heterocycles. The summed E-state index contributed by atoms with van der Waals surface area (Å²) >= 11 is 6.06. The van der Waals surface area contributed by atoms with Crippen molar-refractivity contribution in [2.45, 2.75) is 39.0 Å². The molecule has 210 valence electrons. The van der Waals surface area contributed by atoms with Crippen LogP contribution in [0.5, 0.6) is 0 Å². The van der Waals surface area contributed by atoms with E-state index in [1.165, 1.54) is 0 Å². The van der Waals surface area contributed by atoms with E-state index in [0.29, 0.717) is 29.4 Å². The van der Waals surface area contributed by atoms with E-state index < -0.39 is 6.10 Å². The number of carbonyl (C=O) groups is 2. The molecule has 1 amide bonds. The summed E-state index contributed by atoms with van der Waals surface area (Å²) in [7, 11) is 3.45. The smallest absolute Gasteiger partial charge is 0.354 e. The van der Waals surface area contributed by atoms with Crippen molar-refractivity contribution >= 4 is 34.4 Å². The molecule has 3 aromatic carbocycles. The number of benzene rings is 3. The van der Waals surface area contributed by atoms with Crippen LogP contribution < -0.4 is 5.32 Å². The highest BCUT2D eigenvalue weighted by atomic mass is 35.5. The van der Waals surface area contributed by atoms with E-state index in [0.717, 1.165) is 34.0 Å². The molecule has 40 heavy (non-hydrogen) atoms. The lowest BCUT2D eigenvalue weighted by Gasteiger charge is -2.18. The van der Waals surface area contributed by atoms with Crippen molar-refractivity contribution in [1.82, 2.24) is 14.8 Å². The van der Waals surface area contributed by atoms with E-state index in [1.807, 2.05) is 47.0 Å². The normalized spacial score (nSPS) is 12.8. The number of aromatic nitrogens is 1. The van der Waals surface area contributed by atoms with E-state index in [2.05, 4.69) is 24.4 Å². The first-order valence-electron chi connectivity index (χ1n) is 13.4. The minimum absolute atomic E-state index is 0.0720. The molecule has 4 aromatic rings. The van der Waals surface area contributed by atoms with E-state index in [4.69, 9.17) is 16.3 Å². The predicted molar refractivity (Wildman–Crippen MR) is 159 cm³/mol. The number of nitrogens with zero attached hydrogens (tertiary/aromatic N) is 2. The third-order valence-electron chi connectivity index (χ3n) is 6.81. The molecule has 1 aromatic heterocycles. The van der Waals surface area contributed by atoms with Gasteiger partial charge in [0.1, 0.15) is 5.69 Å². The summed E-state index contributed by atoms with van der Waals surface area (Å²) in [5, 5.41) is 15.5. The summed E-state index contributed by atoms with van der Waals surface area (Å²) in [6, 6.07) is 22.9.